The summed E-state index contributed by atoms with van der Waals surface area (Å²) in [6.07, 6.45) is 1.03. The predicted octanol–water partition coefficient (Wildman–Crippen LogP) is 2.05. The summed E-state index contributed by atoms with van der Waals surface area (Å²) in [5.41, 5.74) is 7.29. The highest BCUT2D eigenvalue weighted by molar-refractivity contribution is 5.90. The molecule has 0 aliphatic carbocycles. The van der Waals surface area contributed by atoms with E-state index in [1.807, 2.05) is 31.2 Å². The molecule has 0 bridgehead atoms. The lowest BCUT2D eigenvalue weighted by atomic mass is 10.1. The highest BCUT2D eigenvalue weighted by Gasteiger charge is 2.17. The largest absolute Gasteiger partial charge is 0.346 e. The van der Waals surface area contributed by atoms with Crippen LogP contribution in [0, 0.1) is 5.92 Å². The number of hydrogen-bond donors (Lipinski definition) is 2. The second kappa shape index (κ2) is 7.38. The van der Waals surface area contributed by atoms with E-state index in [2.05, 4.69) is 5.32 Å². The maximum absolute atomic E-state index is 11.8. The van der Waals surface area contributed by atoms with Gasteiger partial charge in [-0.1, -0.05) is 19.1 Å². The Hall–Kier alpha value is -1.43. The summed E-state index contributed by atoms with van der Waals surface area (Å²) in [5, 5.41) is 2.88. The van der Waals surface area contributed by atoms with Crippen molar-refractivity contribution in [3.8, 4) is 0 Å². The van der Waals surface area contributed by atoms with Crippen molar-refractivity contribution >= 4 is 11.6 Å². The zero-order valence-electron chi connectivity index (χ0n) is 11.8. The average molecular weight is 278 g/mol. The van der Waals surface area contributed by atoms with Crippen LogP contribution in [0.15, 0.2) is 24.3 Å². The Kier molecular flexibility index (Phi) is 5.52. The monoisotopic (exact) mass is 278 g/mol. The lowest BCUT2D eigenvalue weighted by Crippen LogP contribution is -2.16. The lowest BCUT2D eigenvalue weighted by Gasteiger charge is -2.11. The van der Waals surface area contributed by atoms with Gasteiger partial charge in [-0.2, -0.15) is 0 Å². The molecule has 1 aliphatic heterocycles. The summed E-state index contributed by atoms with van der Waals surface area (Å²) in [7, 11) is 0. The number of amides is 1. The van der Waals surface area contributed by atoms with E-state index in [0.29, 0.717) is 32.1 Å². The summed E-state index contributed by atoms with van der Waals surface area (Å²) in [6, 6.07) is 7.55. The third-order valence-electron chi connectivity index (χ3n) is 3.35. The average Bonchev–Trinajstić information content (AvgIpc) is 2.99. The fraction of sp³-hybridized carbons (Fsp3) is 0.533. The van der Waals surface area contributed by atoms with Gasteiger partial charge in [-0.25, -0.2) is 0 Å². The highest BCUT2D eigenvalue weighted by Crippen LogP contribution is 2.24. The van der Waals surface area contributed by atoms with E-state index in [-0.39, 0.29) is 12.2 Å². The fourth-order valence-electron chi connectivity index (χ4n) is 1.99. The molecule has 3 N–H and O–H groups in total. The normalized spacial score (nSPS) is 17.1. The Labute approximate surface area is 119 Å². The summed E-state index contributed by atoms with van der Waals surface area (Å²) in [4.78, 5) is 11.8. The van der Waals surface area contributed by atoms with Crippen molar-refractivity contribution < 1.29 is 14.3 Å². The fourth-order valence-corrected chi connectivity index (χ4v) is 1.99. The van der Waals surface area contributed by atoms with E-state index in [9.17, 15) is 4.79 Å². The number of hydrogen-bond acceptors (Lipinski definition) is 4. The molecule has 1 fully saturated rings. The minimum absolute atomic E-state index is 0.0198. The van der Waals surface area contributed by atoms with Crippen molar-refractivity contribution in [3.05, 3.63) is 29.8 Å². The molecule has 110 valence electrons. The molecule has 1 atom stereocenters. The summed E-state index contributed by atoms with van der Waals surface area (Å²) >= 11 is 0. The molecule has 5 nitrogen and oxygen atoms in total. The molecular formula is C15H22N2O3. The third-order valence-corrected chi connectivity index (χ3v) is 3.35. The van der Waals surface area contributed by atoms with Gasteiger partial charge in [0.15, 0.2) is 6.29 Å². The van der Waals surface area contributed by atoms with Gasteiger partial charge in [0.2, 0.25) is 5.91 Å². The van der Waals surface area contributed by atoms with Gasteiger partial charge in [0.1, 0.15) is 0 Å². The van der Waals surface area contributed by atoms with Crippen molar-refractivity contribution in [2.45, 2.75) is 26.1 Å². The van der Waals surface area contributed by atoms with E-state index < -0.39 is 0 Å². The smallest absolute Gasteiger partial charge is 0.224 e. The lowest BCUT2D eigenvalue weighted by molar-refractivity contribution is -0.116. The molecule has 2 rings (SSSR count). The predicted molar refractivity (Wildman–Crippen MR) is 77.2 cm³/mol. The van der Waals surface area contributed by atoms with E-state index in [4.69, 9.17) is 15.2 Å². The molecule has 1 aromatic carbocycles. The molecule has 1 aliphatic rings. The van der Waals surface area contributed by atoms with Gasteiger partial charge in [-0.05, 0) is 31.0 Å². The number of carbonyl (C=O) groups excluding carboxylic acids is 1. The van der Waals surface area contributed by atoms with Crippen LogP contribution in [0.2, 0.25) is 0 Å². The van der Waals surface area contributed by atoms with Gasteiger partial charge in [0.25, 0.3) is 0 Å². The summed E-state index contributed by atoms with van der Waals surface area (Å²) in [6.45, 7) is 3.91. The molecule has 20 heavy (non-hydrogen) atoms. The number of ether oxygens (including phenoxy) is 2. The van der Waals surface area contributed by atoms with Crippen molar-refractivity contribution in [1.29, 1.82) is 0 Å². The molecule has 1 unspecified atom stereocenters. The van der Waals surface area contributed by atoms with Crippen LogP contribution in [0.25, 0.3) is 0 Å². The molecule has 1 heterocycles. The van der Waals surface area contributed by atoms with Crippen LogP contribution in [-0.4, -0.2) is 25.7 Å². The van der Waals surface area contributed by atoms with Crippen molar-refractivity contribution in [2.24, 2.45) is 11.7 Å². The van der Waals surface area contributed by atoms with Crippen LogP contribution in [0.4, 0.5) is 5.69 Å². The quantitative estimate of drug-likeness (QED) is 0.835. The van der Waals surface area contributed by atoms with E-state index in [1.54, 1.807) is 0 Å². The van der Waals surface area contributed by atoms with Gasteiger partial charge >= 0.3 is 0 Å². The van der Waals surface area contributed by atoms with E-state index >= 15 is 0 Å². The number of carbonyl (C=O) groups is 1. The molecule has 1 saturated heterocycles. The minimum atomic E-state index is -0.273. The van der Waals surface area contributed by atoms with E-state index in [1.165, 1.54) is 0 Å². The first-order valence-corrected chi connectivity index (χ1v) is 7.02. The minimum Gasteiger partial charge on any atom is -0.346 e. The van der Waals surface area contributed by atoms with Crippen molar-refractivity contribution in [1.82, 2.24) is 0 Å². The summed E-state index contributed by atoms with van der Waals surface area (Å²) < 4.78 is 10.8. The Morgan fingerprint density at radius 3 is 2.60 bits per heavy atom. The maximum atomic E-state index is 11.8. The molecule has 1 aromatic rings. The first-order chi connectivity index (χ1) is 9.69. The number of nitrogens with one attached hydrogen (secondary N) is 1. The van der Waals surface area contributed by atoms with Crippen LogP contribution < -0.4 is 11.1 Å². The van der Waals surface area contributed by atoms with Crippen LogP contribution >= 0.6 is 0 Å². The Bertz CT molecular complexity index is 427. The van der Waals surface area contributed by atoms with Gasteiger partial charge in [0.05, 0.1) is 13.2 Å². The number of rotatable bonds is 6. The van der Waals surface area contributed by atoms with Gasteiger partial charge in [-0.15, -0.1) is 0 Å². The maximum Gasteiger partial charge on any atom is 0.224 e. The highest BCUT2D eigenvalue weighted by atomic mass is 16.7. The number of nitrogens with two attached hydrogens (primary N) is 1. The molecule has 0 saturated carbocycles. The van der Waals surface area contributed by atoms with Crippen molar-refractivity contribution in [3.63, 3.8) is 0 Å². The second-order valence-electron chi connectivity index (χ2n) is 5.12. The molecule has 0 radical (unpaired) electrons. The third kappa shape index (κ3) is 4.30. The molecule has 0 spiro atoms. The molecule has 1 amide bonds. The zero-order valence-corrected chi connectivity index (χ0v) is 11.8. The molecular weight excluding hydrogens is 256 g/mol. The SMILES string of the molecule is CC(CN)CCC(=O)Nc1ccc(C2OCCO2)cc1. The molecule has 5 heteroatoms. The van der Waals surface area contributed by atoms with Crippen LogP contribution in [0.1, 0.15) is 31.6 Å². The van der Waals surface area contributed by atoms with Gasteiger partial charge < -0.3 is 20.5 Å². The Morgan fingerprint density at radius 2 is 2.00 bits per heavy atom. The number of anilines is 1. The van der Waals surface area contributed by atoms with Crippen LogP contribution in [0.5, 0.6) is 0 Å². The van der Waals surface area contributed by atoms with Gasteiger partial charge in [0, 0.05) is 17.7 Å². The zero-order chi connectivity index (χ0) is 14.4. The Morgan fingerprint density at radius 1 is 1.35 bits per heavy atom. The van der Waals surface area contributed by atoms with Gasteiger partial charge in [-0.3, -0.25) is 4.79 Å². The first-order valence-electron chi connectivity index (χ1n) is 7.02. The standard InChI is InChI=1S/C15H22N2O3/c1-11(10-16)2-7-14(18)17-13-5-3-12(4-6-13)15-19-8-9-20-15/h3-6,11,15H,2,7-10,16H2,1H3,(H,17,18). The summed E-state index contributed by atoms with van der Waals surface area (Å²) in [5.74, 6) is 0.395. The van der Waals surface area contributed by atoms with Crippen LogP contribution in [0.3, 0.4) is 0 Å². The van der Waals surface area contributed by atoms with Crippen LogP contribution in [-0.2, 0) is 14.3 Å². The Balaban J connectivity index is 1.82. The number of benzene rings is 1. The van der Waals surface area contributed by atoms with E-state index in [0.717, 1.165) is 17.7 Å². The first kappa shape index (κ1) is 15.0. The molecule has 0 aromatic heterocycles. The second-order valence-corrected chi connectivity index (χ2v) is 5.12. The van der Waals surface area contributed by atoms with Crippen molar-refractivity contribution in [2.75, 3.05) is 25.1 Å². The topological polar surface area (TPSA) is 73.6 Å².